The highest BCUT2D eigenvalue weighted by Gasteiger charge is 2.29. The number of likely N-dealkylation sites (N-methyl/N-ethyl adjacent to an activating group) is 1. The van der Waals surface area contributed by atoms with Crippen molar-refractivity contribution in [1.29, 1.82) is 5.26 Å². The Balaban J connectivity index is 1.44. The standard InChI is InChI=1S/C26H30N4OS2/c1-4-17(5-2)24(31)29-26-22(14-27)21-12-11-20(13-23(21)33-26)30(3)15-19-16-32-25(28-19)18-9-7-6-8-10-18/h6-10,16-17,20H,4-5,11-13,15H2,1-3H3,(H,29,31). The van der Waals surface area contributed by atoms with Crippen LogP contribution < -0.4 is 5.32 Å². The summed E-state index contributed by atoms with van der Waals surface area (Å²) in [6.07, 6.45) is 4.40. The van der Waals surface area contributed by atoms with Crippen LogP contribution in [-0.4, -0.2) is 28.9 Å². The van der Waals surface area contributed by atoms with Crippen LogP contribution in [0.4, 0.5) is 5.00 Å². The summed E-state index contributed by atoms with van der Waals surface area (Å²) in [4.78, 5) is 21.1. The summed E-state index contributed by atoms with van der Waals surface area (Å²) in [5.41, 5.74) is 4.05. The molecule has 0 fully saturated rings. The van der Waals surface area contributed by atoms with Crippen molar-refractivity contribution in [1.82, 2.24) is 9.88 Å². The number of thiophene rings is 1. The SMILES string of the molecule is CCC(CC)C(=O)Nc1sc2c(c1C#N)CCC(N(C)Cc1csc(-c3ccccc3)n1)C2. The Morgan fingerprint density at radius 1 is 1.30 bits per heavy atom. The Morgan fingerprint density at radius 3 is 2.76 bits per heavy atom. The lowest BCUT2D eigenvalue weighted by Gasteiger charge is -2.30. The van der Waals surface area contributed by atoms with Crippen LogP contribution in [0.1, 0.15) is 54.8 Å². The molecule has 4 rings (SSSR count). The van der Waals surface area contributed by atoms with E-state index in [4.69, 9.17) is 4.98 Å². The maximum atomic E-state index is 12.6. The highest BCUT2D eigenvalue weighted by Crippen LogP contribution is 2.39. The first kappa shape index (κ1) is 23.6. The first-order valence-electron chi connectivity index (χ1n) is 11.6. The van der Waals surface area contributed by atoms with Gasteiger partial charge in [0.1, 0.15) is 16.1 Å². The van der Waals surface area contributed by atoms with Crippen molar-refractivity contribution in [3.63, 3.8) is 0 Å². The number of fused-ring (bicyclic) bond motifs is 1. The summed E-state index contributed by atoms with van der Waals surface area (Å²) in [5, 5.41) is 16.8. The Bertz CT molecular complexity index is 1140. The van der Waals surface area contributed by atoms with Gasteiger partial charge in [-0.15, -0.1) is 22.7 Å². The van der Waals surface area contributed by atoms with Gasteiger partial charge in [-0.3, -0.25) is 9.69 Å². The number of thiazole rings is 1. The van der Waals surface area contributed by atoms with Crippen LogP contribution >= 0.6 is 22.7 Å². The minimum atomic E-state index is -0.00607. The lowest BCUT2D eigenvalue weighted by Crippen LogP contribution is -2.35. The van der Waals surface area contributed by atoms with Crippen LogP contribution in [0.2, 0.25) is 0 Å². The number of hydrogen-bond acceptors (Lipinski definition) is 6. The highest BCUT2D eigenvalue weighted by molar-refractivity contribution is 7.16. The molecule has 0 saturated heterocycles. The fourth-order valence-electron chi connectivity index (χ4n) is 4.50. The van der Waals surface area contributed by atoms with E-state index in [9.17, 15) is 10.1 Å². The Labute approximate surface area is 204 Å². The molecule has 0 bridgehead atoms. The van der Waals surface area contributed by atoms with E-state index < -0.39 is 0 Å². The fourth-order valence-corrected chi connectivity index (χ4v) is 6.59. The Morgan fingerprint density at radius 2 is 2.06 bits per heavy atom. The summed E-state index contributed by atoms with van der Waals surface area (Å²) in [6, 6.07) is 13.1. The topological polar surface area (TPSA) is 69.0 Å². The van der Waals surface area contributed by atoms with Gasteiger partial charge in [0.05, 0.1) is 11.3 Å². The Hall–Kier alpha value is -2.53. The molecule has 0 saturated carbocycles. The molecule has 172 valence electrons. The van der Waals surface area contributed by atoms with Gasteiger partial charge >= 0.3 is 0 Å². The van der Waals surface area contributed by atoms with E-state index in [1.165, 1.54) is 4.88 Å². The monoisotopic (exact) mass is 478 g/mol. The summed E-state index contributed by atoms with van der Waals surface area (Å²) >= 11 is 3.28. The van der Waals surface area contributed by atoms with E-state index in [2.05, 4.69) is 40.8 Å². The van der Waals surface area contributed by atoms with Crippen molar-refractivity contribution in [2.24, 2.45) is 5.92 Å². The summed E-state index contributed by atoms with van der Waals surface area (Å²) in [7, 11) is 2.16. The number of amides is 1. The van der Waals surface area contributed by atoms with Gasteiger partial charge in [0, 0.05) is 34.3 Å². The first-order chi connectivity index (χ1) is 16.0. The molecule has 2 aromatic heterocycles. The van der Waals surface area contributed by atoms with Crippen molar-refractivity contribution in [3.8, 4) is 16.6 Å². The largest absolute Gasteiger partial charge is 0.316 e. The molecule has 1 aliphatic carbocycles. The van der Waals surface area contributed by atoms with Crippen LogP contribution in [-0.2, 0) is 24.2 Å². The van der Waals surface area contributed by atoms with Gasteiger partial charge in [-0.25, -0.2) is 4.98 Å². The number of benzene rings is 1. The van der Waals surface area contributed by atoms with Gasteiger partial charge < -0.3 is 5.32 Å². The number of aromatic nitrogens is 1. The highest BCUT2D eigenvalue weighted by atomic mass is 32.1. The van der Waals surface area contributed by atoms with Crippen molar-refractivity contribution < 1.29 is 4.79 Å². The van der Waals surface area contributed by atoms with Crippen molar-refractivity contribution >= 4 is 33.6 Å². The van der Waals surface area contributed by atoms with Gasteiger partial charge in [0.15, 0.2) is 0 Å². The second kappa shape index (κ2) is 10.6. The molecule has 1 aliphatic rings. The average Bonchev–Trinajstić information content (AvgIpc) is 3.43. The van der Waals surface area contributed by atoms with E-state index in [1.54, 1.807) is 22.7 Å². The second-order valence-electron chi connectivity index (χ2n) is 8.64. The summed E-state index contributed by atoms with van der Waals surface area (Å²) in [6.45, 7) is 4.87. The third kappa shape index (κ3) is 5.19. The van der Waals surface area contributed by atoms with Gasteiger partial charge in [0.2, 0.25) is 5.91 Å². The molecule has 1 unspecified atom stereocenters. The van der Waals surface area contributed by atoms with Gasteiger partial charge in [-0.1, -0.05) is 44.2 Å². The number of anilines is 1. The first-order valence-corrected chi connectivity index (χ1v) is 13.3. The number of hydrogen-bond donors (Lipinski definition) is 1. The van der Waals surface area contributed by atoms with Crippen LogP contribution in [0.25, 0.3) is 10.6 Å². The minimum absolute atomic E-state index is 0.00607. The molecular weight excluding hydrogens is 448 g/mol. The van der Waals surface area contributed by atoms with Gasteiger partial charge in [-0.05, 0) is 44.7 Å². The van der Waals surface area contributed by atoms with E-state index >= 15 is 0 Å². The third-order valence-electron chi connectivity index (χ3n) is 6.55. The minimum Gasteiger partial charge on any atom is -0.316 e. The maximum Gasteiger partial charge on any atom is 0.228 e. The van der Waals surface area contributed by atoms with E-state index in [-0.39, 0.29) is 11.8 Å². The molecule has 5 nitrogen and oxygen atoms in total. The molecule has 0 aliphatic heterocycles. The Kier molecular flexibility index (Phi) is 7.59. The normalized spacial score (nSPS) is 15.5. The second-order valence-corrected chi connectivity index (χ2v) is 10.6. The zero-order valence-electron chi connectivity index (χ0n) is 19.4. The molecule has 1 amide bonds. The molecule has 1 atom stereocenters. The van der Waals surface area contributed by atoms with Gasteiger partial charge in [-0.2, -0.15) is 5.26 Å². The molecule has 33 heavy (non-hydrogen) atoms. The van der Waals surface area contributed by atoms with Gasteiger partial charge in [0.25, 0.3) is 0 Å². The van der Waals surface area contributed by atoms with Crippen LogP contribution in [0, 0.1) is 17.2 Å². The molecule has 1 N–H and O–H groups in total. The molecule has 0 radical (unpaired) electrons. The van der Waals surface area contributed by atoms with E-state index in [0.29, 0.717) is 11.6 Å². The molecule has 0 spiro atoms. The third-order valence-corrected chi connectivity index (χ3v) is 8.66. The zero-order chi connectivity index (χ0) is 23.4. The molecule has 2 heterocycles. The van der Waals surface area contributed by atoms with Crippen molar-refractivity contribution in [3.05, 3.63) is 57.4 Å². The number of nitriles is 1. The fraction of sp³-hybridized carbons (Fsp3) is 0.423. The lowest BCUT2D eigenvalue weighted by molar-refractivity contribution is -0.120. The van der Waals surface area contributed by atoms with Crippen molar-refractivity contribution in [2.75, 3.05) is 12.4 Å². The van der Waals surface area contributed by atoms with E-state index in [0.717, 1.165) is 65.5 Å². The lowest BCUT2D eigenvalue weighted by atomic mass is 9.91. The predicted molar refractivity (Wildman–Crippen MR) is 137 cm³/mol. The maximum absolute atomic E-state index is 12.6. The van der Waals surface area contributed by atoms with Crippen LogP contribution in [0.5, 0.6) is 0 Å². The number of nitrogens with one attached hydrogen (secondary N) is 1. The molecule has 1 aromatic carbocycles. The number of nitrogens with zero attached hydrogens (tertiary/aromatic N) is 3. The van der Waals surface area contributed by atoms with Crippen LogP contribution in [0.15, 0.2) is 35.7 Å². The summed E-state index contributed by atoms with van der Waals surface area (Å²) in [5.74, 6) is 0.0231. The van der Waals surface area contributed by atoms with E-state index in [1.807, 2.05) is 32.0 Å². The predicted octanol–water partition coefficient (Wildman–Crippen LogP) is 6.11. The molecule has 7 heteroatoms. The van der Waals surface area contributed by atoms with Crippen molar-refractivity contribution in [2.45, 2.75) is 58.5 Å². The van der Waals surface area contributed by atoms with Crippen LogP contribution in [0.3, 0.4) is 0 Å². The zero-order valence-corrected chi connectivity index (χ0v) is 21.1. The number of rotatable bonds is 8. The quantitative estimate of drug-likeness (QED) is 0.424. The smallest absolute Gasteiger partial charge is 0.228 e. The average molecular weight is 479 g/mol. The molecule has 3 aromatic rings. The number of carbonyl (C=O) groups is 1. The number of carbonyl (C=O) groups excluding carboxylic acids is 1. The molecular formula is C26H30N4OS2. The summed E-state index contributed by atoms with van der Waals surface area (Å²) < 4.78 is 0.